The third-order valence-electron chi connectivity index (χ3n) is 2.17. The van der Waals surface area contributed by atoms with Crippen molar-refractivity contribution in [2.24, 2.45) is 0 Å². The van der Waals surface area contributed by atoms with Gasteiger partial charge in [0.25, 0.3) is 5.92 Å². The van der Waals surface area contributed by atoms with Gasteiger partial charge in [0.2, 0.25) is 9.04 Å². The predicted octanol–water partition coefficient (Wildman–Crippen LogP) is -0.214. The summed E-state index contributed by atoms with van der Waals surface area (Å²) in [5, 5.41) is 0. The summed E-state index contributed by atoms with van der Waals surface area (Å²) in [6.07, 6.45) is -0.161. The number of halogens is 3. The van der Waals surface area contributed by atoms with E-state index in [1.54, 1.807) is 0 Å². The van der Waals surface area contributed by atoms with Gasteiger partial charge in [0.15, 0.2) is 6.17 Å². The van der Waals surface area contributed by atoms with Crippen LogP contribution in [0.2, 0.25) is 12.1 Å². The van der Waals surface area contributed by atoms with Gasteiger partial charge < -0.3 is 4.43 Å². The molecule has 1 atom stereocenters. The zero-order valence-corrected chi connectivity index (χ0v) is 11.7. The van der Waals surface area contributed by atoms with Crippen molar-refractivity contribution in [3.63, 3.8) is 0 Å². The molecule has 1 nitrogen and oxygen atoms in total. The summed E-state index contributed by atoms with van der Waals surface area (Å²) < 4.78 is 43.5. The summed E-state index contributed by atoms with van der Waals surface area (Å²) in [7, 11) is -1.44. The molecule has 1 aliphatic heterocycles. The van der Waals surface area contributed by atoms with Crippen molar-refractivity contribution in [1.82, 2.24) is 0 Å². The average molecular weight is 234 g/mol. The molecule has 1 radical (unpaired) electrons. The Labute approximate surface area is 106 Å². The molecule has 1 heterocycles. The van der Waals surface area contributed by atoms with Crippen LogP contribution in [0.4, 0.5) is 13.2 Å². The van der Waals surface area contributed by atoms with Crippen molar-refractivity contribution in [2.45, 2.75) is 43.9 Å². The molecule has 0 spiro atoms. The van der Waals surface area contributed by atoms with Gasteiger partial charge in [-0.05, 0) is 19.4 Å². The van der Waals surface area contributed by atoms with Crippen LogP contribution in [0.3, 0.4) is 0 Å². The van der Waals surface area contributed by atoms with Gasteiger partial charge in [0.1, 0.15) is 0 Å². The van der Waals surface area contributed by atoms with E-state index >= 15 is 0 Å². The van der Waals surface area contributed by atoms with Gasteiger partial charge in [-0.1, -0.05) is 6.42 Å². The Kier molecular flexibility index (Phi) is 6.98. The molecule has 14 heavy (non-hydrogen) atoms. The second kappa shape index (κ2) is 6.53. The van der Waals surface area contributed by atoms with E-state index in [1.165, 1.54) is 0 Å². The van der Waals surface area contributed by atoms with Crippen molar-refractivity contribution in [3.05, 3.63) is 0 Å². The van der Waals surface area contributed by atoms with Gasteiger partial charge in [-0.25, -0.2) is 13.2 Å². The maximum Gasteiger partial charge on any atom is 1.00 e. The first-order chi connectivity index (χ1) is 6.02. The van der Waals surface area contributed by atoms with Crippen molar-refractivity contribution >= 4 is 9.04 Å². The second-order valence-corrected chi connectivity index (χ2v) is 5.62. The van der Waals surface area contributed by atoms with Crippen LogP contribution in [-0.2, 0) is 4.43 Å². The molecular weight excluding hydrogens is 220 g/mol. The van der Waals surface area contributed by atoms with E-state index in [-0.39, 0.29) is 35.6 Å². The van der Waals surface area contributed by atoms with E-state index in [1.807, 2.05) is 0 Å². The zero-order chi connectivity index (χ0) is 9.90. The maximum absolute atomic E-state index is 12.9. The Hall–Kier alpha value is 0.967. The number of hydrogen-bond acceptors (Lipinski definition) is 1. The van der Waals surface area contributed by atoms with Gasteiger partial charge in [-0.15, -0.1) is 0 Å². The Bertz CT molecular complexity index is 163. The van der Waals surface area contributed by atoms with Crippen LogP contribution < -0.4 is 29.6 Å². The first-order valence-corrected chi connectivity index (χ1v) is 6.34. The maximum atomic E-state index is 12.9. The third-order valence-corrected chi connectivity index (χ3v) is 4.56. The van der Waals surface area contributed by atoms with Gasteiger partial charge in [-0.3, -0.25) is 0 Å². The van der Waals surface area contributed by atoms with Crippen LogP contribution >= 0.6 is 0 Å². The second-order valence-electron chi connectivity index (χ2n) is 3.40. The fraction of sp³-hybridized carbons (Fsp3) is 1.00. The molecule has 1 saturated heterocycles. The number of alkyl halides is 3. The molecule has 0 aromatic heterocycles. The molecule has 1 fully saturated rings. The Morgan fingerprint density at radius 1 is 1.43 bits per heavy atom. The molecule has 0 aromatic rings. The van der Waals surface area contributed by atoms with Gasteiger partial charge in [0, 0.05) is 12.7 Å². The molecule has 0 aliphatic carbocycles. The topological polar surface area (TPSA) is 9.23 Å². The third kappa shape index (κ3) is 4.66. The molecule has 0 bridgehead atoms. The van der Waals surface area contributed by atoms with Crippen molar-refractivity contribution in [3.8, 4) is 0 Å². The zero-order valence-electron chi connectivity index (χ0n) is 8.66. The largest absolute Gasteiger partial charge is 1.00 e. The fourth-order valence-electron chi connectivity index (χ4n) is 1.26. The van der Waals surface area contributed by atoms with Crippen LogP contribution in [-0.4, -0.2) is 27.7 Å². The first kappa shape index (κ1) is 15.0. The standard InChI is InChI=1S/C8H14F3OSi.Na/c1-7(9)8(10,11)6-13-5-3-2-4-12-13;/h7H,2-6H2,1H3;/q;+1. The molecular formula is C8H14F3NaOSi+. The van der Waals surface area contributed by atoms with E-state index in [0.717, 1.165) is 25.8 Å². The molecule has 6 heteroatoms. The summed E-state index contributed by atoms with van der Waals surface area (Å²) in [6.45, 7) is 1.48. The molecule has 1 unspecified atom stereocenters. The van der Waals surface area contributed by atoms with Crippen molar-refractivity contribution in [1.29, 1.82) is 0 Å². The smallest absolute Gasteiger partial charge is 0.416 e. The molecule has 1 aliphatic rings. The summed E-state index contributed by atoms with van der Waals surface area (Å²) >= 11 is 0. The normalized spacial score (nSPS) is 21.4. The van der Waals surface area contributed by atoms with Crippen molar-refractivity contribution < 1.29 is 47.2 Å². The summed E-state index contributed by atoms with van der Waals surface area (Å²) in [5.74, 6) is -3.19. The molecule has 0 saturated carbocycles. The Morgan fingerprint density at radius 2 is 2.07 bits per heavy atom. The number of hydrogen-bond donors (Lipinski definition) is 0. The molecule has 77 valence electrons. The van der Waals surface area contributed by atoms with Crippen molar-refractivity contribution in [2.75, 3.05) is 6.61 Å². The van der Waals surface area contributed by atoms with Gasteiger partial charge >= 0.3 is 29.6 Å². The average Bonchev–Trinajstić information content (AvgIpc) is 2.05. The number of rotatable bonds is 3. The van der Waals surface area contributed by atoms with E-state index in [0.29, 0.717) is 6.61 Å². The van der Waals surface area contributed by atoms with E-state index in [2.05, 4.69) is 0 Å². The van der Waals surface area contributed by atoms with Crippen LogP contribution in [0.5, 0.6) is 0 Å². The van der Waals surface area contributed by atoms with Crippen LogP contribution in [0.25, 0.3) is 0 Å². The Balaban J connectivity index is 0.00000169. The van der Waals surface area contributed by atoms with Crippen LogP contribution in [0.15, 0.2) is 0 Å². The quantitative estimate of drug-likeness (QED) is 0.614. The minimum Gasteiger partial charge on any atom is -0.416 e. The van der Waals surface area contributed by atoms with Crippen LogP contribution in [0.1, 0.15) is 19.8 Å². The monoisotopic (exact) mass is 234 g/mol. The fourth-order valence-corrected chi connectivity index (χ4v) is 3.56. The SMILES string of the molecule is CC(F)C(F)(F)C[Si]1CCCCO1.[Na+]. The first-order valence-electron chi connectivity index (χ1n) is 4.52. The summed E-state index contributed by atoms with van der Waals surface area (Å²) in [4.78, 5) is 0. The van der Waals surface area contributed by atoms with E-state index in [9.17, 15) is 13.2 Å². The molecule has 1 rings (SSSR count). The van der Waals surface area contributed by atoms with Crippen LogP contribution in [0, 0.1) is 0 Å². The van der Waals surface area contributed by atoms with Gasteiger partial charge in [-0.2, -0.15) is 0 Å². The Morgan fingerprint density at radius 3 is 2.50 bits per heavy atom. The minimum atomic E-state index is -3.19. The minimum absolute atomic E-state index is 0. The van der Waals surface area contributed by atoms with Gasteiger partial charge in [0.05, 0.1) is 0 Å². The molecule has 0 amide bonds. The predicted molar refractivity (Wildman–Crippen MR) is 46.1 cm³/mol. The molecule has 0 aromatic carbocycles. The molecule has 0 N–H and O–H groups in total. The van der Waals surface area contributed by atoms with E-state index < -0.39 is 21.1 Å². The summed E-state index contributed by atoms with van der Waals surface area (Å²) in [5.41, 5.74) is 0. The summed E-state index contributed by atoms with van der Waals surface area (Å²) in [6, 6.07) is 0.350. The van der Waals surface area contributed by atoms with E-state index in [4.69, 9.17) is 4.43 Å².